The summed E-state index contributed by atoms with van der Waals surface area (Å²) in [6.45, 7) is 2.98. The topological polar surface area (TPSA) is 51.2 Å². The van der Waals surface area contributed by atoms with Crippen molar-refractivity contribution in [1.82, 2.24) is 0 Å². The van der Waals surface area contributed by atoms with Crippen molar-refractivity contribution >= 4 is 17.3 Å². The molecule has 0 aromatic carbocycles. The lowest BCUT2D eigenvalue weighted by atomic mass is 9.90. The van der Waals surface area contributed by atoms with E-state index in [1.54, 1.807) is 0 Å². The quantitative estimate of drug-likeness (QED) is 0.355. The number of Topliss-reactive ketones (excluding diaryl/α,β-unsaturated/α-hetero) is 3. The molecule has 0 N–H and O–H groups in total. The van der Waals surface area contributed by atoms with E-state index in [0.29, 0.717) is 0 Å². The first-order chi connectivity index (χ1) is 4.46. The normalized spacial score (nSPS) is 24.0. The molecule has 54 valence electrons. The van der Waals surface area contributed by atoms with Crippen molar-refractivity contribution in [1.29, 1.82) is 0 Å². The molecule has 0 heterocycles. The first-order valence-electron chi connectivity index (χ1n) is 3.07. The molecule has 1 rings (SSSR count). The summed E-state index contributed by atoms with van der Waals surface area (Å²) >= 11 is 0. The summed E-state index contributed by atoms with van der Waals surface area (Å²) in [6.07, 6.45) is -0.203. The molecule has 0 atom stereocenters. The van der Waals surface area contributed by atoms with Gasteiger partial charge in [0.05, 0.1) is 11.8 Å². The van der Waals surface area contributed by atoms with Crippen molar-refractivity contribution in [3.05, 3.63) is 0 Å². The first-order valence-corrected chi connectivity index (χ1v) is 3.07. The molecule has 3 nitrogen and oxygen atoms in total. The second-order valence-electron chi connectivity index (χ2n) is 2.98. The average Bonchev–Trinajstić information content (AvgIpc) is 1.97. The Hall–Kier alpha value is -0.990. The fourth-order valence-corrected chi connectivity index (χ4v) is 0.922. The van der Waals surface area contributed by atoms with Crippen LogP contribution >= 0.6 is 0 Å². The van der Waals surface area contributed by atoms with Crippen LogP contribution in [0.2, 0.25) is 0 Å². The smallest absolute Gasteiger partial charge is 0.211 e. The summed E-state index contributed by atoms with van der Waals surface area (Å²) in [5.74, 6) is -1.35. The minimum absolute atomic E-state index is 0.203. The van der Waals surface area contributed by atoms with Crippen LogP contribution in [0.4, 0.5) is 0 Å². The van der Waals surface area contributed by atoms with E-state index >= 15 is 0 Å². The minimum Gasteiger partial charge on any atom is -0.298 e. The van der Waals surface area contributed by atoms with Crippen LogP contribution in [0.25, 0.3) is 0 Å². The number of carbonyl (C=O) groups is 3. The van der Waals surface area contributed by atoms with E-state index < -0.39 is 17.0 Å². The third-order valence-electron chi connectivity index (χ3n) is 1.84. The monoisotopic (exact) mass is 140 g/mol. The van der Waals surface area contributed by atoms with Gasteiger partial charge >= 0.3 is 0 Å². The van der Waals surface area contributed by atoms with Crippen LogP contribution in [0, 0.1) is 5.41 Å². The lowest BCUT2D eigenvalue weighted by molar-refractivity contribution is -0.139. The van der Waals surface area contributed by atoms with Crippen molar-refractivity contribution in [3.63, 3.8) is 0 Å². The van der Waals surface area contributed by atoms with Gasteiger partial charge in [0, 0.05) is 0 Å². The second kappa shape index (κ2) is 1.75. The van der Waals surface area contributed by atoms with E-state index in [9.17, 15) is 14.4 Å². The predicted octanol–water partition coefficient (Wildman–Crippen LogP) is 0.124. The van der Waals surface area contributed by atoms with Crippen LogP contribution in [0.3, 0.4) is 0 Å². The molecule has 1 saturated carbocycles. The molecular weight excluding hydrogens is 132 g/mol. The fourth-order valence-electron chi connectivity index (χ4n) is 0.922. The minimum atomic E-state index is -1.04. The van der Waals surface area contributed by atoms with Crippen molar-refractivity contribution in [3.8, 4) is 0 Å². The molecule has 0 amide bonds. The van der Waals surface area contributed by atoms with E-state index in [1.165, 1.54) is 13.8 Å². The summed E-state index contributed by atoms with van der Waals surface area (Å²) < 4.78 is 0. The highest BCUT2D eigenvalue weighted by atomic mass is 16.2. The van der Waals surface area contributed by atoms with E-state index in [2.05, 4.69) is 0 Å². The van der Waals surface area contributed by atoms with Gasteiger partial charge in [0.1, 0.15) is 0 Å². The number of rotatable bonds is 0. The maximum atomic E-state index is 10.9. The lowest BCUT2D eigenvalue weighted by Gasteiger charge is -2.09. The molecule has 0 aromatic heterocycles. The van der Waals surface area contributed by atoms with Gasteiger partial charge in [-0.15, -0.1) is 0 Å². The number of hydrogen-bond acceptors (Lipinski definition) is 3. The van der Waals surface area contributed by atoms with E-state index in [4.69, 9.17) is 0 Å². The summed E-state index contributed by atoms with van der Waals surface area (Å²) in [5.41, 5.74) is -1.04. The Labute approximate surface area is 58.4 Å². The van der Waals surface area contributed by atoms with Crippen molar-refractivity contribution in [2.45, 2.75) is 20.3 Å². The van der Waals surface area contributed by atoms with Crippen molar-refractivity contribution in [2.75, 3.05) is 0 Å². The summed E-state index contributed by atoms with van der Waals surface area (Å²) in [5, 5.41) is 0. The lowest BCUT2D eigenvalue weighted by Crippen LogP contribution is -2.26. The standard InChI is InChI=1S/C7H8O3/c1-7(2)5(9)3-4(8)6(7)10/h3H2,1-2H3. The third-order valence-corrected chi connectivity index (χ3v) is 1.84. The molecule has 0 unspecified atom stereocenters. The van der Waals surface area contributed by atoms with Gasteiger partial charge < -0.3 is 0 Å². The molecule has 1 fully saturated rings. The Kier molecular flexibility index (Phi) is 1.24. The van der Waals surface area contributed by atoms with Gasteiger partial charge in [-0.1, -0.05) is 0 Å². The molecule has 0 spiro atoms. The molecule has 0 aromatic rings. The predicted molar refractivity (Wildman–Crippen MR) is 33.4 cm³/mol. The van der Waals surface area contributed by atoms with Crippen LogP contribution in [0.15, 0.2) is 0 Å². The third kappa shape index (κ3) is 0.701. The van der Waals surface area contributed by atoms with Crippen molar-refractivity contribution in [2.24, 2.45) is 5.41 Å². The Morgan fingerprint density at radius 3 is 1.80 bits per heavy atom. The van der Waals surface area contributed by atoms with Gasteiger partial charge in [-0.3, -0.25) is 14.4 Å². The maximum Gasteiger partial charge on any atom is 0.211 e. The zero-order chi connectivity index (χ0) is 7.94. The maximum absolute atomic E-state index is 10.9. The number of hydrogen-bond donors (Lipinski definition) is 0. The van der Waals surface area contributed by atoms with Crippen LogP contribution in [-0.4, -0.2) is 17.3 Å². The van der Waals surface area contributed by atoms with Gasteiger partial charge in [-0.05, 0) is 13.8 Å². The average molecular weight is 140 g/mol. The van der Waals surface area contributed by atoms with E-state index in [-0.39, 0.29) is 12.2 Å². The highest BCUT2D eigenvalue weighted by molar-refractivity contribution is 6.51. The fraction of sp³-hybridized carbons (Fsp3) is 0.571. The Balaban J connectivity index is 3.08. The Morgan fingerprint density at radius 1 is 1.20 bits per heavy atom. The van der Waals surface area contributed by atoms with Crippen molar-refractivity contribution < 1.29 is 14.4 Å². The molecule has 0 bridgehead atoms. The second-order valence-corrected chi connectivity index (χ2v) is 2.98. The molecule has 1 aliphatic carbocycles. The number of carbonyl (C=O) groups excluding carboxylic acids is 3. The highest BCUT2D eigenvalue weighted by Gasteiger charge is 2.46. The van der Waals surface area contributed by atoms with Crippen LogP contribution in [0.1, 0.15) is 20.3 Å². The zero-order valence-corrected chi connectivity index (χ0v) is 5.93. The highest BCUT2D eigenvalue weighted by Crippen LogP contribution is 2.27. The Bertz CT molecular complexity index is 225. The molecule has 3 heteroatoms. The molecule has 0 aliphatic heterocycles. The summed E-state index contributed by atoms with van der Waals surface area (Å²) in [4.78, 5) is 32.4. The molecule has 1 aliphatic rings. The van der Waals surface area contributed by atoms with Crippen LogP contribution in [0.5, 0.6) is 0 Å². The van der Waals surface area contributed by atoms with Gasteiger partial charge in [0.15, 0.2) is 5.78 Å². The van der Waals surface area contributed by atoms with Gasteiger partial charge in [0.2, 0.25) is 11.6 Å². The van der Waals surface area contributed by atoms with E-state index in [1.807, 2.05) is 0 Å². The largest absolute Gasteiger partial charge is 0.298 e. The number of ketones is 3. The molecule has 0 saturated heterocycles. The molecular formula is C7H8O3. The Morgan fingerprint density at radius 2 is 1.70 bits per heavy atom. The van der Waals surface area contributed by atoms with Gasteiger partial charge in [0.25, 0.3) is 0 Å². The van der Waals surface area contributed by atoms with Crippen LogP contribution in [-0.2, 0) is 14.4 Å². The zero-order valence-electron chi connectivity index (χ0n) is 5.93. The van der Waals surface area contributed by atoms with Gasteiger partial charge in [-0.2, -0.15) is 0 Å². The SMILES string of the molecule is CC1(C)C(=O)CC(=O)C1=O. The summed E-state index contributed by atoms with van der Waals surface area (Å²) in [7, 11) is 0. The molecule has 0 radical (unpaired) electrons. The van der Waals surface area contributed by atoms with Crippen LogP contribution < -0.4 is 0 Å². The molecule has 10 heavy (non-hydrogen) atoms. The van der Waals surface area contributed by atoms with E-state index in [0.717, 1.165) is 0 Å². The first kappa shape index (κ1) is 7.12. The van der Waals surface area contributed by atoms with Gasteiger partial charge in [-0.25, -0.2) is 0 Å². The summed E-state index contributed by atoms with van der Waals surface area (Å²) in [6, 6.07) is 0.